The Hall–Kier alpha value is -4.35. The van der Waals surface area contributed by atoms with Gasteiger partial charge in [-0.05, 0) is 63.8 Å². The summed E-state index contributed by atoms with van der Waals surface area (Å²) < 4.78 is 43.7. The van der Waals surface area contributed by atoms with Crippen LogP contribution < -0.4 is 9.64 Å². The number of aromatic nitrogens is 2. The highest BCUT2D eigenvalue weighted by Gasteiger charge is 2.54. The van der Waals surface area contributed by atoms with Crippen LogP contribution in [0.4, 0.5) is 10.5 Å². The number of ether oxygens (including phenoxy) is 2. The zero-order chi connectivity index (χ0) is 36.0. The van der Waals surface area contributed by atoms with Gasteiger partial charge in [0.2, 0.25) is 15.9 Å². The van der Waals surface area contributed by atoms with Crippen LogP contribution in [0.5, 0.6) is 5.75 Å². The maximum atomic E-state index is 14.8. The predicted octanol–water partition coefficient (Wildman–Crippen LogP) is 4.62. The van der Waals surface area contributed by atoms with Crippen LogP contribution in [0.15, 0.2) is 47.6 Å². The van der Waals surface area contributed by atoms with Crippen molar-refractivity contribution in [3.8, 4) is 11.8 Å². The Morgan fingerprint density at radius 1 is 1.08 bits per heavy atom. The van der Waals surface area contributed by atoms with E-state index in [1.54, 1.807) is 42.6 Å². The maximum Gasteiger partial charge on any atom is 0.410 e. The Morgan fingerprint density at radius 3 is 2.34 bits per heavy atom. The van der Waals surface area contributed by atoms with Crippen molar-refractivity contribution in [3.63, 3.8) is 0 Å². The highest BCUT2D eigenvalue weighted by atomic mass is 32.2. The maximum absolute atomic E-state index is 14.8. The molecule has 1 saturated carbocycles. The molecule has 1 unspecified atom stereocenters. The normalized spacial score (nSPS) is 19.3. The van der Waals surface area contributed by atoms with Gasteiger partial charge in [-0.15, -0.1) is 0 Å². The second-order valence-corrected chi connectivity index (χ2v) is 16.7. The highest BCUT2D eigenvalue weighted by Crippen LogP contribution is 2.45. The first-order valence-electron chi connectivity index (χ1n) is 17.3. The molecule has 268 valence electrons. The number of likely N-dealkylation sites (tertiary alicyclic amines) is 1. The second-order valence-electron chi connectivity index (χ2n) is 14.8. The number of sulfonamides is 1. The Bertz CT molecular complexity index is 1900. The van der Waals surface area contributed by atoms with E-state index < -0.39 is 21.2 Å². The Kier molecular flexibility index (Phi) is 9.51. The van der Waals surface area contributed by atoms with E-state index in [0.29, 0.717) is 75.6 Å². The molecule has 1 aromatic carbocycles. The van der Waals surface area contributed by atoms with Gasteiger partial charge < -0.3 is 28.6 Å². The third kappa shape index (κ3) is 6.98. The molecular weight excluding hydrogens is 659 g/mol. The van der Waals surface area contributed by atoms with Gasteiger partial charge in [0.25, 0.3) is 0 Å². The molecule has 2 saturated heterocycles. The fourth-order valence-corrected chi connectivity index (χ4v) is 8.55. The van der Waals surface area contributed by atoms with Gasteiger partial charge in [-0.1, -0.05) is 26.0 Å². The van der Waals surface area contributed by atoms with Crippen LogP contribution in [0.3, 0.4) is 0 Å². The number of hydrogen-bond acceptors (Lipinski definition) is 9. The van der Waals surface area contributed by atoms with Gasteiger partial charge in [0, 0.05) is 75.7 Å². The molecular formula is C36H47N7O6S. The number of benzene rings is 1. The van der Waals surface area contributed by atoms with Crippen LogP contribution in [0, 0.1) is 17.2 Å². The van der Waals surface area contributed by atoms with E-state index in [9.17, 15) is 23.3 Å². The summed E-state index contributed by atoms with van der Waals surface area (Å²) in [4.78, 5) is 36.2. The van der Waals surface area contributed by atoms with Crippen LogP contribution in [0.1, 0.15) is 71.1 Å². The summed E-state index contributed by atoms with van der Waals surface area (Å²) in [5.74, 6) is 0.521. The largest absolute Gasteiger partial charge is 0.497 e. The summed E-state index contributed by atoms with van der Waals surface area (Å²) in [6, 6.07) is 11.1. The van der Waals surface area contributed by atoms with Gasteiger partial charge in [-0.3, -0.25) is 4.79 Å². The van der Waals surface area contributed by atoms with E-state index >= 15 is 0 Å². The number of hydrogen-bond donors (Lipinski definition) is 0. The molecule has 2 amide bonds. The zero-order valence-electron chi connectivity index (χ0n) is 29.8. The van der Waals surface area contributed by atoms with Crippen molar-refractivity contribution in [1.29, 1.82) is 5.26 Å². The molecule has 3 fully saturated rings. The molecule has 2 aliphatic heterocycles. The molecule has 0 spiro atoms. The first-order chi connectivity index (χ1) is 23.7. The Balaban J connectivity index is 1.40. The molecule has 6 rings (SSSR count). The number of anilines is 1. The number of carbonyl (C=O) groups is 2. The minimum absolute atomic E-state index is 0.0213. The molecule has 2 aromatic heterocycles. The van der Waals surface area contributed by atoms with Gasteiger partial charge in [-0.25, -0.2) is 18.2 Å². The van der Waals surface area contributed by atoms with Crippen molar-refractivity contribution in [2.24, 2.45) is 5.92 Å². The monoisotopic (exact) mass is 705 g/mol. The lowest BCUT2D eigenvalue weighted by Gasteiger charge is -2.37. The molecule has 14 heteroatoms. The summed E-state index contributed by atoms with van der Waals surface area (Å²) in [7, 11) is -2.65. The van der Waals surface area contributed by atoms with Crippen molar-refractivity contribution in [2.75, 3.05) is 51.3 Å². The van der Waals surface area contributed by atoms with Gasteiger partial charge >= 0.3 is 6.09 Å². The summed E-state index contributed by atoms with van der Waals surface area (Å²) >= 11 is 0. The fourth-order valence-electron chi connectivity index (χ4n) is 6.79. The molecule has 50 heavy (non-hydrogen) atoms. The summed E-state index contributed by atoms with van der Waals surface area (Å²) in [5, 5.41) is 10.3. The minimum Gasteiger partial charge on any atom is -0.497 e. The first kappa shape index (κ1) is 35.5. The topological polar surface area (TPSA) is 141 Å². The number of amides is 2. The lowest BCUT2D eigenvalue weighted by Crippen LogP contribution is -2.50. The standard InChI is InChI=1S/C36H47N7O6S/c1-25(2)33(44)40-17-15-39(16-18-40)30-19-29(50(46,47)43(36(24-37)12-13-36)21-26-7-9-28(48-6)10-8-26)23-42-31(20-38-32(30)42)27-11-14-41(22-27)34(45)49-35(3,4)5/h7-10,19-20,23,25,27H,11-18,21-22H2,1-6H3. The van der Waals surface area contributed by atoms with Crippen molar-refractivity contribution in [3.05, 3.63) is 54.0 Å². The molecule has 0 bridgehead atoms. The summed E-state index contributed by atoms with van der Waals surface area (Å²) in [6.07, 6.45) is 4.55. The summed E-state index contributed by atoms with van der Waals surface area (Å²) in [5.41, 5.74) is 0.998. The minimum atomic E-state index is -4.22. The quantitative estimate of drug-likeness (QED) is 0.312. The number of pyridine rings is 1. The third-order valence-corrected chi connectivity index (χ3v) is 11.6. The molecule has 3 aromatic rings. The van der Waals surface area contributed by atoms with E-state index in [-0.39, 0.29) is 35.3 Å². The van der Waals surface area contributed by atoms with Gasteiger partial charge in [0.15, 0.2) is 5.65 Å². The number of fused-ring (bicyclic) bond motifs is 1. The fraction of sp³-hybridized carbons (Fsp3) is 0.556. The Morgan fingerprint density at radius 2 is 1.76 bits per heavy atom. The number of methoxy groups -OCH3 is 1. The van der Waals surface area contributed by atoms with E-state index in [0.717, 1.165) is 11.3 Å². The smallest absolute Gasteiger partial charge is 0.410 e. The molecule has 4 heterocycles. The molecule has 0 N–H and O–H groups in total. The lowest BCUT2D eigenvalue weighted by molar-refractivity contribution is -0.134. The predicted molar refractivity (Wildman–Crippen MR) is 187 cm³/mol. The Labute approximate surface area is 294 Å². The second kappa shape index (κ2) is 13.4. The van der Waals surface area contributed by atoms with Crippen molar-refractivity contribution >= 4 is 33.4 Å². The van der Waals surface area contributed by atoms with Gasteiger partial charge in [0.05, 0.1) is 18.9 Å². The van der Waals surface area contributed by atoms with Crippen molar-refractivity contribution in [1.82, 2.24) is 23.5 Å². The number of nitrogens with zero attached hydrogens (tertiary/aromatic N) is 7. The number of rotatable bonds is 9. The number of nitriles is 1. The molecule has 0 radical (unpaired) electrons. The average Bonchev–Trinajstić information content (AvgIpc) is 3.49. The number of imidazole rings is 1. The van der Waals surface area contributed by atoms with Crippen molar-refractivity contribution < 1.29 is 27.5 Å². The van der Waals surface area contributed by atoms with Gasteiger partial charge in [-0.2, -0.15) is 9.57 Å². The molecule has 1 aliphatic carbocycles. The SMILES string of the molecule is COc1ccc(CN(C2(C#N)CC2)S(=O)(=O)c2cc(N3CCN(C(=O)C(C)C)CC3)c3ncc(C4CCN(C(=O)OC(C)(C)C)C4)n3c2)cc1. The van der Waals surface area contributed by atoms with Crippen LogP contribution in [-0.4, -0.2) is 101 Å². The zero-order valence-corrected chi connectivity index (χ0v) is 30.6. The summed E-state index contributed by atoms with van der Waals surface area (Å²) in [6.45, 7) is 12.2. The van der Waals surface area contributed by atoms with Crippen molar-refractivity contribution in [2.45, 2.75) is 82.4 Å². The lowest BCUT2D eigenvalue weighted by atomic mass is 10.1. The molecule has 1 atom stereocenters. The first-order valence-corrected chi connectivity index (χ1v) is 18.7. The van der Waals surface area contributed by atoms with Crippen LogP contribution in [0.25, 0.3) is 5.65 Å². The van der Waals surface area contributed by atoms with Crippen LogP contribution in [-0.2, 0) is 26.1 Å². The van der Waals surface area contributed by atoms with E-state index in [4.69, 9.17) is 14.5 Å². The molecule has 3 aliphatic rings. The third-order valence-electron chi connectivity index (χ3n) is 9.76. The highest BCUT2D eigenvalue weighted by molar-refractivity contribution is 7.89. The number of carbonyl (C=O) groups excluding carboxylic acids is 2. The average molecular weight is 706 g/mol. The van der Waals surface area contributed by atoms with E-state index in [2.05, 4.69) is 11.0 Å². The van der Waals surface area contributed by atoms with Crippen LogP contribution in [0.2, 0.25) is 0 Å². The van der Waals surface area contributed by atoms with Gasteiger partial charge in [0.1, 0.15) is 21.8 Å². The number of piperazine rings is 1. The van der Waals surface area contributed by atoms with E-state index in [1.807, 2.05) is 56.1 Å². The van der Waals surface area contributed by atoms with E-state index in [1.165, 1.54) is 4.31 Å². The van der Waals surface area contributed by atoms with Crippen LogP contribution >= 0.6 is 0 Å². The molecule has 13 nitrogen and oxygen atoms in total.